The number of anilines is 3. The average Bonchev–Trinajstić information content (AvgIpc) is 3.15. The molecule has 2 aliphatic rings. The summed E-state index contributed by atoms with van der Waals surface area (Å²) < 4.78 is 7.82. The van der Waals surface area contributed by atoms with Crippen molar-refractivity contribution in [3.8, 4) is 0 Å². The molecule has 3 heterocycles. The number of ether oxygens (including phenoxy) is 1. The van der Waals surface area contributed by atoms with E-state index >= 15 is 0 Å². The van der Waals surface area contributed by atoms with Gasteiger partial charge in [-0.1, -0.05) is 18.2 Å². The zero-order chi connectivity index (χ0) is 21.2. The molecule has 1 aliphatic heterocycles. The van der Waals surface area contributed by atoms with Gasteiger partial charge >= 0.3 is 0 Å². The second kappa shape index (κ2) is 8.80. The molecule has 0 amide bonds. The largest absolute Gasteiger partial charge is 0.393 e. The number of nitrogens with zero attached hydrogens (tertiary/aromatic N) is 4. The first kappa shape index (κ1) is 20.2. The minimum Gasteiger partial charge on any atom is -0.393 e. The number of hydrogen-bond donors (Lipinski definition) is 3. The van der Waals surface area contributed by atoms with Crippen molar-refractivity contribution in [2.45, 2.75) is 63.6 Å². The summed E-state index contributed by atoms with van der Waals surface area (Å²) in [5.41, 5.74) is 3.84. The Bertz CT molecular complexity index is 1040. The van der Waals surface area contributed by atoms with Crippen LogP contribution in [0.25, 0.3) is 11.2 Å². The molecule has 0 spiro atoms. The molecular formula is C23H30N6O2. The van der Waals surface area contributed by atoms with Gasteiger partial charge in [0, 0.05) is 31.0 Å². The molecule has 2 fully saturated rings. The zero-order valence-electron chi connectivity index (χ0n) is 17.9. The topological polar surface area (TPSA) is 97.1 Å². The molecule has 0 unspecified atom stereocenters. The molecule has 0 bridgehead atoms. The van der Waals surface area contributed by atoms with Crippen molar-refractivity contribution in [3.05, 3.63) is 36.0 Å². The summed E-state index contributed by atoms with van der Waals surface area (Å²) in [6.45, 7) is 3.58. The van der Waals surface area contributed by atoms with E-state index < -0.39 is 0 Å². The van der Waals surface area contributed by atoms with Crippen LogP contribution < -0.4 is 10.6 Å². The Hall–Kier alpha value is -2.71. The minimum absolute atomic E-state index is 0.175. The van der Waals surface area contributed by atoms with Gasteiger partial charge in [0.2, 0.25) is 11.9 Å². The first-order valence-corrected chi connectivity index (χ1v) is 11.3. The molecule has 31 heavy (non-hydrogen) atoms. The molecule has 8 nitrogen and oxygen atoms in total. The molecule has 1 aliphatic carbocycles. The molecule has 8 heteroatoms. The number of benzene rings is 1. The van der Waals surface area contributed by atoms with Gasteiger partial charge < -0.3 is 20.5 Å². The van der Waals surface area contributed by atoms with Gasteiger partial charge in [0.05, 0.1) is 12.3 Å². The molecule has 1 aromatic carbocycles. The zero-order valence-corrected chi connectivity index (χ0v) is 17.9. The third-order valence-corrected chi connectivity index (χ3v) is 6.41. The SMILES string of the molecule is Cc1ccccc1Nc1nc2cnc(N[C@H]3CC[C@H](O)CC3)nc2n1C1CCOCC1. The lowest BCUT2D eigenvalue weighted by Crippen LogP contribution is -2.29. The highest BCUT2D eigenvalue weighted by molar-refractivity contribution is 5.77. The van der Waals surface area contributed by atoms with Crippen LogP contribution in [0, 0.1) is 6.92 Å². The van der Waals surface area contributed by atoms with Crippen molar-refractivity contribution < 1.29 is 9.84 Å². The number of aryl methyl sites for hydroxylation is 1. The Morgan fingerprint density at radius 2 is 1.81 bits per heavy atom. The lowest BCUT2D eigenvalue weighted by molar-refractivity contribution is 0.0710. The van der Waals surface area contributed by atoms with Gasteiger partial charge in [0.1, 0.15) is 5.52 Å². The molecule has 5 rings (SSSR count). The molecule has 2 aromatic heterocycles. The summed E-state index contributed by atoms with van der Waals surface area (Å²) in [7, 11) is 0. The molecular weight excluding hydrogens is 392 g/mol. The van der Waals surface area contributed by atoms with Crippen molar-refractivity contribution in [2.75, 3.05) is 23.8 Å². The predicted octanol–water partition coefficient (Wildman–Crippen LogP) is 3.95. The van der Waals surface area contributed by atoms with Gasteiger partial charge in [0.15, 0.2) is 5.65 Å². The Kier molecular flexibility index (Phi) is 5.74. The van der Waals surface area contributed by atoms with Crippen molar-refractivity contribution in [1.29, 1.82) is 0 Å². The maximum Gasteiger partial charge on any atom is 0.224 e. The molecule has 1 saturated carbocycles. The number of aromatic nitrogens is 4. The molecule has 3 aromatic rings. The second-order valence-corrected chi connectivity index (χ2v) is 8.64. The van der Waals surface area contributed by atoms with Crippen LogP contribution in [0.2, 0.25) is 0 Å². The smallest absolute Gasteiger partial charge is 0.224 e. The third kappa shape index (κ3) is 4.36. The highest BCUT2D eigenvalue weighted by Gasteiger charge is 2.25. The summed E-state index contributed by atoms with van der Waals surface area (Å²) in [4.78, 5) is 14.3. The fourth-order valence-corrected chi connectivity index (χ4v) is 4.57. The first-order valence-electron chi connectivity index (χ1n) is 11.3. The van der Waals surface area contributed by atoms with Crippen LogP contribution in [0.5, 0.6) is 0 Å². The van der Waals surface area contributed by atoms with E-state index in [-0.39, 0.29) is 12.1 Å². The van der Waals surface area contributed by atoms with Gasteiger partial charge in [-0.25, -0.2) is 9.97 Å². The van der Waals surface area contributed by atoms with Crippen molar-refractivity contribution in [3.63, 3.8) is 0 Å². The maximum atomic E-state index is 9.77. The monoisotopic (exact) mass is 422 g/mol. The average molecular weight is 423 g/mol. The van der Waals surface area contributed by atoms with E-state index in [1.165, 1.54) is 5.56 Å². The van der Waals surface area contributed by atoms with Gasteiger partial charge in [-0.05, 0) is 57.1 Å². The van der Waals surface area contributed by atoms with E-state index in [2.05, 4.69) is 39.2 Å². The summed E-state index contributed by atoms with van der Waals surface area (Å²) in [6, 6.07) is 8.80. The molecule has 1 saturated heterocycles. The van der Waals surface area contributed by atoms with Crippen molar-refractivity contribution in [1.82, 2.24) is 19.5 Å². The van der Waals surface area contributed by atoms with E-state index in [1.54, 1.807) is 6.20 Å². The Morgan fingerprint density at radius 3 is 2.58 bits per heavy atom. The van der Waals surface area contributed by atoms with Crippen LogP contribution in [0.4, 0.5) is 17.6 Å². The summed E-state index contributed by atoms with van der Waals surface area (Å²) in [6.07, 6.45) is 7.01. The van der Waals surface area contributed by atoms with Gasteiger partial charge in [-0.15, -0.1) is 0 Å². The number of fused-ring (bicyclic) bond motifs is 1. The van der Waals surface area contributed by atoms with Crippen molar-refractivity contribution in [2.24, 2.45) is 0 Å². The minimum atomic E-state index is -0.175. The number of imidazole rings is 1. The van der Waals surface area contributed by atoms with Crippen LogP contribution in [0.3, 0.4) is 0 Å². The number of aliphatic hydroxyl groups is 1. The third-order valence-electron chi connectivity index (χ3n) is 6.41. The van der Waals surface area contributed by atoms with Crippen LogP contribution >= 0.6 is 0 Å². The highest BCUT2D eigenvalue weighted by Crippen LogP contribution is 2.32. The van der Waals surface area contributed by atoms with Crippen LogP contribution in [0.15, 0.2) is 30.5 Å². The number of aliphatic hydroxyl groups excluding tert-OH is 1. The Morgan fingerprint density at radius 1 is 1.03 bits per heavy atom. The highest BCUT2D eigenvalue weighted by atomic mass is 16.5. The normalized spacial score (nSPS) is 22.5. The lowest BCUT2D eigenvalue weighted by atomic mass is 9.93. The van der Waals surface area contributed by atoms with Gasteiger partial charge in [-0.2, -0.15) is 4.98 Å². The van der Waals surface area contributed by atoms with E-state index in [0.717, 1.165) is 74.5 Å². The lowest BCUT2D eigenvalue weighted by Gasteiger charge is -2.27. The van der Waals surface area contributed by atoms with Crippen LogP contribution in [-0.2, 0) is 4.74 Å². The summed E-state index contributed by atoms with van der Waals surface area (Å²) in [5, 5.41) is 16.8. The van der Waals surface area contributed by atoms with Crippen LogP contribution in [-0.4, -0.2) is 50.0 Å². The number of rotatable bonds is 5. The van der Waals surface area contributed by atoms with E-state index in [9.17, 15) is 5.11 Å². The summed E-state index contributed by atoms with van der Waals surface area (Å²) >= 11 is 0. The Labute approximate surface area is 182 Å². The molecule has 3 N–H and O–H groups in total. The Balaban J connectivity index is 1.49. The fourth-order valence-electron chi connectivity index (χ4n) is 4.57. The number of hydrogen-bond acceptors (Lipinski definition) is 7. The summed E-state index contributed by atoms with van der Waals surface area (Å²) in [5.74, 6) is 1.42. The van der Waals surface area contributed by atoms with E-state index in [4.69, 9.17) is 14.7 Å². The molecule has 0 radical (unpaired) electrons. The van der Waals surface area contributed by atoms with Gasteiger partial charge in [0.25, 0.3) is 0 Å². The predicted molar refractivity (Wildman–Crippen MR) is 121 cm³/mol. The standard InChI is InChI=1S/C23H30N6O2/c1-15-4-2-3-5-19(15)26-23-27-20-14-24-22(25-16-6-8-18(30)9-7-16)28-21(20)29(23)17-10-12-31-13-11-17/h2-5,14,16-18,30H,6-13H2,1H3,(H,26,27)(H,24,25,28)/t16-,18-. The van der Waals surface area contributed by atoms with Crippen LogP contribution in [0.1, 0.15) is 50.1 Å². The van der Waals surface area contributed by atoms with Gasteiger partial charge in [-0.3, -0.25) is 4.57 Å². The van der Waals surface area contributed by atoms with E-state index in [0.29, 0.717) is 12.0 Å². The first-order chi connectivity index (χ1) is 15.2. The maximum absolute atomic E-state index is 9.77. The number of nitrogens with one attached hydrogen (secondary N) is 2. The second-order valence-electron chi connectivity index (χ2n) is 8.64. The molecule has 0 atom stereocenters. The molecule has 164 valence electrons. The number of para-hydroxylation sites is 1. The van der Waals surface area contributed by atoms with Crippen molar-refractivity contribution >= 4 is 28.7 Å². The quantitative estimate of drug-likeness (QED) is 0.573. The fraction of sp³-hybridized carbons (Fsp3) is 0.522. The van der Waals surface area contributed by atoms with E-state index in [1.807, 2.05) is 12.1 Å².